The lowest BCUT2D eigenvalue weighted by Gasteiger charge is -1.92. The summed E-state index contributed by atoms with van der Waals surface area (Å²) in [7, 11) is 0. The van der Waals surface area contributed by atoms with Gasteiger partial charge in [0.1, 0.15) is 5.69 Å². The Balaban J connectivity index is 2.45. The summed E-state index contributed by atoms with van der Waals surface area (Å²) in [5.74, 6) is 0.793. The van der Waals surface area contributed by atoms with Gasteiger partial charge in [-0.05, 0) is 28.7 Å². The van der Waals surface area contributed by atoms with Crippen molar-refractivity contribution >= 4 is 33.9 Å². The molecule has 0 aromatic carbocycles. The number of hydrogen-bond donors (Lipinski definition) is 1. The van der Waals surface area contributed by atoms with Crippen LogP contribution in [0.1, 0.15) is 5.69 Å². The van der Waals surface area contributed by atoms with Gasteiger partial charge in [-0.3, -0.25) is 0 Å². The summed E-state index contributed by atoms with van der Waals surface area (Å²) in [5, 5.41) is 2.04. The zero-order valence-corrected chi connectivity index (χ0v) is 9.63. The second-order valence-electron chi connectivity index (χ2n) is 2.47. The highest BCUT2D eigenvalue weighted by atomic mass is 127. The number of halogens is 1. The lowest BCUT2D eigenvalue weighted by atomic mass is 10.2. The molecule has 2 heterocycles. The summed E-state index contributed by atoms with van der Waals surface area (Å²) >= 11 is 3.95. The Morgan fingerprint density at radius 2 is 2.46 bits per heavy atom. The van der Waals surface area contributed by atoms with E-state index in [4.69, 9.17) is 10.2 Å². The molecule has 3 nitrogen and oxygen atoms in total. The summed E-state index contributed by atoms with van der Waals surface area (Å²) < 4.78 is 6.50. The number of nitrogens with zero attached hydrogens (tertiary/aromatic N) is 1. The van der Waals surface area contributed by atoms with E-state index in [0.717, 1.165) is 17.0 Å². The van der Waals surface area contributed by atoms with Crippen LogP contribution in [0.15, 0.2) is 22.3 Å². The van der Waals surface area contributed by atoms with Gasteiger partial charge in [-0.25, -0.2) is 4.98 Å². The van der Waals surface area contributed by atoms with Crippen LogP contribution in [0.3, 0.4) is 0 Å². The lowest BCUT2D eigenvalue weighted by molar-refractivity contribution is 0.571. The predicted molar refractivity (Wildman–Crippen MR) is 60.4 cm³/mol. The van der Waals surface area contributed by atoms with Crippen molar-refractivity contribution in [3.63, 3.8) is 0 Å². The minimum Gasteiger partial charge on any atom is -0.443 e. The summed E-state index contributed by atoms with van der Waals surface area (Å²) in [6, 6.07) is 2.06. The summed E-state index contributed by atoms with van der Waals surface area (Å²) in [6.45, 7) is 0.415. The van der Waals surface area contributed by atoms with Gasteiger partial charge < -0.3 is 10.2 Å². The molecule has 13 heavy (non-hydrogen) atoms. The first-order valence-electron chi connectivity index (χ1n) is 3.68. The SMILES string of the molecule is NCc1ncoc1-c1csc(I)c1. The van der Waals surface area contributed by atoms with E-state index < -0.39 is 0 Å². The molecule has 2 N–H and O–H groups in total. The molecule has 0 saturated heterocycles. The summed E-state index contributed by atoms with van der Waals surface area (Å²) in [6.07, 6.45) is 1.43. The van der Waals surface area contributed by atoms with Gasteiger partial charge in [-0.1, -0.05) is 0 Å². The van der Waals surface area contributed by atoms with Crippen molar-refractivity contribution in [3.8, 4) is 11.3 Å². The number of nitrogens with two attached hydrogens (primary N) is 1. The lowest BCUT2D eigenvalue weighted by Crippen LogP contribution is -1.97. The highest BCUT2D eigenvalue weighted by molar-refractivity contribution is 14.1. The van der Waals surface area contributed by atoms with Crippen LogP contribution in [0.5, 0.6) is 0 Å². The Morgan fingerprint density at radius 1 is 1.62 bits per heavy atom. The monoisotopic (exact) mass is 306 g/mol. The quantitative estimate of drug-likeness (QED) is 0.867. The fraction of sp³-hybridized carbons (Fsp3) is 0.125. The molecule has 0 amide bonds. The van der Waals surface area contributed by atoms with E-state index in [-0.39, 0.29) is 0 Å². The largest absolute Gasteiger partial charge is 0.443 e. The van der Waals surface area contributed by atoms with E-state index in [1.165, 1.54) is 9.28 Å². The Kier molecular flexibility index (Phi) is 2.66. The third-order valence-electron chi connectivity index (χ3n) is 1.66. The number of aromatic nitrogens is 1. The molecule has 0 unspecified atom stereocenters. The zero-order chi connectivity index (χ0) is 9.26. The van der Waals surface area contributed by atoms with Crippen LogP contribution < -0.4 is 5.73 Å². The van der Waals surface area contributed by atoms with E-state index >= 15 is 0 Å². The molecule has 0 fully saturated rings. The molecule has 68 valence electrons. The highest BCUT2D eigenvalue weighted by Gasteiger charge is 2.10. The standard InChI is InChI=1S/C8H7IN2OS/c9-7-1-5(3-13-7)8-6(2-10)11-4-12-8/h1,3-4H,2,10H2. The van der Waals surface area contributed by atoms with Crippen LogP contribution in [-0.2, 0) is 6.54 Å². The van der Waals surface area contributed by atoms with Crippen molar-refractivity contribution in [2.75, 3.05) is 0 Å². The molecule has 0 spiro atoms. The average Bonchev–Trinajstić information content (AvgIpc) is 2.71. The molecule has 0 bridgehead atoms. The molecule has 0 aliphatic heterocycles. The molecule has 0 aliphatic carbocycles. The van der Waals surface area contributed by atoms with E-state index in [1.807, 2.05) is 5.38 Å². The summed E-state index contributed by atoms with van der Waals surface area (Å²) in [4.78, 5) is 4.03. The number of thiophene rings is 1. The van der Waals surface area contributed by atoms with Crippen molar-refractivity contribution in [2.45, 2.75) is 6.54 Å². The van der Waals surface area contributed by atoms with Gasteiger partial charge in [0.25, 0.3) is 0 Å². The Morgan fingerprint density at radius 3 is 3.08 bits per heavy atom. The Labute approximate surface area is 93.1 Å². The first-order valence-corrected chi connectivity index (χ1v) is 5.64. The highest BCUT2D eigenvalue weighted by Crippen LogP contribution is 2.28. The topological polar surface area (TPSA) is 52.0 Å². The van der Waals surface area contributed by atoms with E-state index in [2.05, 4.69) is 33.6 Å². The molecule has 0 radical (unpaired) electrons. The maximum absolute atomic E-state index is 5.52. The zero-order valence-electron chi connectivity index (χ0n) is 6.66. The molecule has 2 aromatic heterocycles. The van der Waals surface area contributed by atoms with Crippen LogP contribution in [0.4, 0.5) is 0 Å². The normalized spacial score (nSPS) is 10.6. The first kappa shape index (κ1) is 9.17. The molecular formula is C8H7IN2OS. The summed E-state index contributed by atoms with van der Waals surface area (Å²) in [5.41, 5.74) is 7.39. The van der Waals surface area contributed by atoms with Crippen LogP contribution in [0.2, 0.25) is 0 Å². The molecule has 0 aliphatic rings. The van der Waals surface area contributed by atoms with Gasteiger partial charge in [0.05, 0.1) is 2.88 Å². The number of oxazole rings is 1. The third kappa shape index (κ3) is 1.77. The van der Waals surface area contributed by atoms with Gasteiger partial charge in [0, 0.05) is 17.5 Å². The maximum Gasteiger partial charge on any atom is 0.181 e. The van der Waals surface area contributed by atoms with Gasteiger partial charge in [0.15, 0.2) is 12.2 Å². The van der Waals surface area contributed by atoms with Crippen molar-refractivity contribution < 1.29 is 4.42 Å². The average molecular weight is 306 g/mol. The van der Waals surface area contributed by atoms with Crippen molar-refractivity contribution in [1.82, 2.24) is 4.98 Å². The molecule has 2 aromatic rings. The number of hydrogen-bond acceptors (Lipinski definition) is 4. The van der Waals surface area contributed by atoms with Crippen LogP contribution in [0, 0.1) is 2.88 Å². The maximum atomic E-state index is 5.52. The molecule has 2 rings (SSSR count). The minimum atomic E-state index is 0.415. The minimum absolute atomic E-state index is 0.415. The Bertz CT molecular complexity index is 410. The van der Waals surface area contributed by atoms with E-state index in [1.54, 1.807) is 11.3 Å². The fourth-order valence-electron chi connectivity index (χ4n) is 1.08. The third-order valence-corrected chi connectivity index (χ3v) is 3.45. The van der Waals surface area contributed by atoms with Crippen molar-refractivity contribution in [1.29, 1.82) is 0 Å². The molecule has 5 heteroatoms. The van der Waals surface area contributed by atoms with Crippen LogP contribution >= 0.6 is 33.9 Å². The molecular weight excluding hydrogens is 299 g/mol. The predicted octanol–water partition coefficient (Wildman–Crippen LogP) is 2.47. The smallest absolute Gasteiger partial charge is 0.181 e. The van der Waals surface area contributed by atoms with Gasteiger partial charge in [-0.2, -0.15) is 0 Å². The first-order chi connectivity index (χ1) is 6.31. The fourth-order valence-corrected chi connectivity index (χ4v) is 2.41. The van der Waals surface area contributed by atoms with Crippen molar-refractivity contribution in [3.05, 3.63) is 26.4 Å². The second kappa shape index (κ2) is 3.77. The second-order valence-corrected chi connectivity index (χ2v) is 5.28. The van der Waals surface area contributed by atoms with Gasteiger partial charge in [0.2, 0.25) is 0 Å². The molecule has 0 atom stereocenters. The van der Waals surface area contributed by atoms with Crippen LogP contribution in [0.25, 0.3) is 11.3 Å². The van der Waals surface area contributed by atoms with Gasteiger partial charge in [-0.15, -0.1) is 11.3 Å². The van der Waals surface area contributed by atoms with Crippen molar-refractivity contribution in [2.24, 2.45) is 5.73 Å². The van der Waals surface area contributed by atoms with E-state index in [9.17, 15) is 0 Å². The van der Waals surface area contributed by atoms with E-state index in [0.29, 0.717) is 6.54 Å². The Hall–Kier alpha value is -0.400. The van der Waals surface area contributed by atoms with Gasteiger partial charge >= 0.3 is 0 Å². The molecule has 0 saturated carbocycles. The number of rotatable bonds is 2. The van der Waals surface area contributed by atoms with Crippen LogP contribution in [-0.4, -0.2) is 4.98 Å².